The van der Waals surface area contributed by atoms with E-state index in [0.717, 1.165) is 18.6 Å². The van der Waals surface area contributed by atoms with E-state index in [1.165, 1.54) is 6.07 Å². The number of alkyl halides is 4. The fourth-order valence-electron chi connectivity index (χ4n) is 1.68. The van der Waals surface area contributed by atoms with Crippen LogP contribution in [0.1, 0.15) is 41.0 Å². The van der Waals surface area contributed by atoms with Crippen molar-refractivity contribution in [3.8, 4) is 0 Å². The molecule has 0 N–H and O–H groups in total. The second kappa shape index (κ2) is 5.95. The Balaban J connectivity index is 2.16. The van der Waals surface area contributed by atoms with E-state index in [4.69, 9.17) is 4.52 Å². The minimum absolute atomic E-state index is 0.0368. The monoisotopic (exact) mass is 348 g/mol. The van der Waals surface area contributed by atoms with Crippen molar-refractivity contribution in [2.75, 3.05) is 0 Å². The number of nitrogens with zero attached hydrogens (tertiary/aromatic N) is 2. The molecular weight excluding hydrogens is 337 g/mol. The lowest BCUT2D eigenvalue weighted by atomic mass is 10.1. The molecule has 0 aliphatic carbocycles. The summed E-state index contributed by atoms with van der Waals surface area (Å²) in [6, 6.07) is 5.12. The molecule has 0 radical (unpaired) electrons. The number of hydrogen-bond acceptors (Lipinski definition) is 3. The van der Waals surface area contributed by atoms with Gasteiger partial charge in [-0.2, -0.15) is 18.2 Å². The molecule has 20 heavy (non-hydrogen) atoms. The van der Waals surface area contributed by atoms with Crippen LogP contribution in [-0.4, -0.2) is 10.1 Å². The van der Waals surface area contributed by atoms with Crippen LogP contribution in [0.25, 0.3) is 0 Å². The predicted molar refractivity (Wildman–Crippen MR) is 70.5 cm³/mol. The average molecular weight is 349 g/mol. The Kier molecular flexibility index (Phi) is 4.47. The number of hydrogen-bond donors (Lipinski definition) is 0. The lowest BCUT2D eigenvalue weighted by Gasteiger charge is -2.07. The van der Waals surface area contributed by atoms with Gasteiger partial charge in [-0.25, -0.2) is 0 Å². The van der Waals surface area contributed by atoms with Crippen molar-refractivity contribution in [1.29, 1.82) is 0 Å². The summed E-state index contributed by atoms with van der Waals surface area (Å²) >= 11 is 3.38. The standard InChI is InChI=1S/C13H12BrF3N2O/c1-2-10(14)12-18-11(19-20-12)7-8-4-3-5-9(6-8)13(15,16)17/h3-6,10H,2,7H2,1H3. The zero-order valence-electron chi connectivity index (χ0n) is 10.6. The van der Waals surface area contributed by atoms with Gasteiger partial charge in [0.25, 0.3) is 0 Å². The Morgan fingerprint density at radius 2 is 2.10 bits per heavy atom. The number of benzene rings is 1. The van der Waals surface area contributed by atoms with E-state index in [0.29, 0.717) is 17.3 Å². The largest absolute Gasteiger partial charge is 0.416 e. The molecule has 0 aliphatic rings. The van der Waals surface area contributed by atoms with Crippen LogP contribution in [0.4, 0.5) is 13.2 Å². The Bertz CT molecular complexity index is 583. The van der Waals surface area contributed by atoms with Gasteiger partial charge in [-0.15, -0.1) is 0 Å². The molecule has 0 saturated carbocycles. The highest BCUT2D eigenvalue weighted by Gasteiger charge is 2.30. The van der Waals surface area contributed by atoms with Crippen LogP contribution in [0.15, 0.2) is 28.8 Å². The molecular formula is C13H12BrF3N2O. The minimum Gasteiger partial charge on any atom is -0.338 e. The van der Waals surface area contributed by atoms with Crippen molar-refractivity contribution in [2.24, 2.45) is 0 Å². The highest BCUT2D eigenvalue weighted by molar-refractivity contribution is 9.09. The molecule has 0 bridgehead atoms. The van der Waals surface area contributed by atoms with E-state index in [9.17, 15) is 13.2 Å². The summed E-state index contributed by atoms with van der Waals surface area (Å²) in [5, 5.41) is 3.77. The Morgan fingerprint density at radius 3 is 2.75 bits per heavy atom. The third-order valence-electron chi connectivity index (χ3n) is 2.73. The van der Waals surface area contributed by atoms with E-state index in [2.05, 4.69) is 26.1 Å². The molecule has 0 aliphatic heterocycles. The molecule has 1 unspecified atom stereocenters. The molecule has 3 nitrogen and oxygen atoms in total. The van der Waals surface area contributed by atoms with Crippen molar-refractivity contribution in [3.05, 3.63) is 47.1 Å². The molecule has 0 amide bonds. The molecule has 0 saturated heterocycles. The third-order valence-corrected chi connectivity index (χ3v) is 3.77. The van der Waals surface area contributed by atoms with E-state index in [1.807, 2.05) is 6.92 Å². The first-order valence-electron chi connectivity index (χ1n) is 6.03. The molecule has 1 atom stereocenters. The van der Waals surface area contributed by atoms with Gasteiger partial charge >= 0.3 is 6.18 Å². The molecule has 1 aromatic carbocycles. The zero-order valence-corrected chi connectivity index (χ0v) is 12.2. The SMILES string of the molecule is CCC(Br)c1nc(Cc2cccc(C(F)(F)F)c2)no1. The summed E-state index contributed by atoms with van der Waals surface area (Å²) < 4.78 is 42.9. The van der Waals surface area contributed by atoms with E-state index >= 15 is 0 Å². The van der Waals surface area contributed by atoms with Gasteiger partial charge < -0.3 is 4.52 Å². The van der Waals surface area contributed by atoms with Crippen LogP contribution in [0, 0.1) is 0 Å². The molecule has 2 aromatic rings. The predicted octanol–water partition coefficient (Wildman–Crippen LogP) is 4.53. The summed E-state index contributed by atoms with van der Waals surface area (Å²) in [4.78, 5) is 4.13. The zero-order chi connectivity index (χ0) is 14.8. The highest BCUT2D eigenvalue weighted by atomic mass is 79.9. The molecule has 7 heteroatoms. The van der Waals surface area contributed by atoms with Crippen molar-refractivity contribution >= 4 is 15.9 Å². The van der Waals surface area contributed by atoms with Crippen LogP contribution >= 0.6 is 15.9 Å². The maximum Gasteiger partial charge on any atom is 0.416 e. The second-order valence-electron chi connectivity index (χ2n) is 4.30. The molecule has 1 aromatic heterocycles. The lowest BCUT2D eigenvalue weighted by Crippen LogP contribution is -2.05. The minimum atomic E-state index is -4.35. The summed E-state index contributed by atoms with van der Waals surface area (Å²) in [6.07, 6.45) is -3.36. The van der Waals surface area contributed by atoms with Crippen LogP contribution < -0.4 is 0 Å². The molecule has 2 rings (SSSR count). The van der Waals surface area contributed by atoms with Gasteiger partial charge in [0, 0.05) is 6.42 Å². The first kappa shape index (κ1) is 15.0. The maximum absolute atomic E-state index is 12.6. The van der Waals surface area contributed by atoms with E-state index in [1.54, 1.807) is 6.07 Å². The molecule has 0 fully saturated rings. The Labute approximate surface area is 122 Å². The third kappa shape index (κ3) is 3.59. The van der Waals surface area contributed by atoms with Gasteiger partial charge in [0.1, 0.15) is 0 Å². The molecule has 1 heterocycles. The summed E-state index contributed by atoms with van der Waals surface area (Å²) in [5.41, 5.74) is -0.180. The van der Waals surface area contributed by atoms with Gasteiger partial charge in [0.05, 0.1) is 10.4 Å². The first-order chi connectivity index (χ1) is 9.40. The van der Waals surface area contributed by atoms with Gasteiger partial charge in [-0.1, -0.05) is 46.2 Å². The van der Waals surface area contributed by atoms with Crippen molar-refractivity contribution in [2.45, 2.75) is 30.8 Å². The highest BCUT2D eigenvalue weighted by Crippen LogP contribution is 2.30. The first-order valence-corrected chi connectivity index (χ1v) is 6.94. The maximum atomic E-state index is 12.6. The van der Waals surface area contributed by atoms with Crippen LogP contribution in [-0.2, 0) is 12.6 Å². The molecule has 108 valence electrons. The average Bonchev–Trinajstić information content (AvgIpc) is 2.85. The molecule has 0 spiro atoms. The smallest absolute Gasteiger partial charge is 0.338 e. The van der Waals surface area contributed by atoms with Crippen molar-refractivity contribution < 1.29 is 17.7 Å². The number of aromatic nitrogens is 2. The van der Waals surface area contributed by atoms with Crippen molar-refractivity contribution in [1.82, 2.24) is 10.1 Å². The summed E-state index contributed by atoms with van der Waals surface area (Å²) in [7, 11) is 0. The van der Waals surface area contributed by atoms with Crippen molar-refractivity contribution in [3.63, 3.8) is 0 Å². The van der Waals surface area contributed by atoms with Crippen LogP contribution in [0.2, 0.25) is 0 Å². The van der Waals surface area contributed by atoms with Crippen LogP contribution in [0.3, 0.4) is 0 Å². The van der Waals surface area contributed by atoms with Gasteiger partial charge in [-0.05, 0) is 18.1 Å². The fourth-order valence-corrected chi connectivity index (χ4v) is 1.87. The normalized spacial score (nSPS) is 13.4. The summed E-state index contributed by atoms with van der Waals surface area (Å²) in [5.74, 6) is 0.812. The Morgan fingerprint density at radius 1 is 1.35 bits per heavy atom. The Hall–Kier alpha value is -1.37. The lowest BCUT2D eigenvalue weighted by molar-refractivity contribution is -0.137. The second-order valence-corrected chi connectivity index (χ2v) is 5.40. The van der Waals surface area contributed by atoms with E-state index < -0.39 is 11.7 Å². The summed E-state index contributed by atoms with van der Waals surface area (Å²) in [6.45, 7) is 1.95. The topological polar surface area (TPSA) is 38.9 Å². The van der Waals surface area contributed by atoms with Crippen LogP contribution in [0.5, 0.6) is 0 Å². The fraction of sp³-hybridized carbons (Fsp3) is 0.385. The number of rotatable bonds is 4. The quantitative estimate of drug-likeness (QED) is 0.762. The van der Waals surface area contributed by atoms with Gasteiger partial charge in [0.15, 0.2) is 5.82 Å². The van der Waals surface area contributed by atoms with E-state index in [-0.39, 0.29) is 11.2 Å². The van der Waals surface area contributed by atoms with Gasteiger partial charge in [0.2, 0.25) is 5.89 Å². The van der Waals surface area contributed by atoms with Gasteiger partial charge in [-0.3, -0.25) is 0 Å². The number of halogens is 4.